The fourth-order valence-corrected chi connectivity index (χ4v) is 8.01. The van der Waals surface area contributed by atoms with Crippen LogP contribution in [-0.4, -0.2) is 0 Å². The maximum Gasteiger partial charge on any atom is 0.143 e. The fraction of sp³-hybridized carbons (Fsp3) is 0. The van der Waals surface area contributed by atoms with Gasteiger partial charge in [-0.15, -0.1) is 0 Å². The summed E-state index contributed by atoms with van der Waals surface area (Å²) in [7, 11) is 0. The zero-order valence-electron chi connectivity index (χ0n) is 37.9. The second-order valence-corrected chi connectivity index (χ2v) is 13.8. The van der Waals surface area contributed by atoms with Crippen molar-refractivity contribution >= 4 is 71.3 Å². The van der Waals surface area contributed by atoms with E-state index in [1.54, 1.807) is 24.3 Å². The third kappa shape index (κ3) is 5.26. The SMILES string of the molecule is [2H]c1c([2H])c(N(c2ccccc2-c2cc3ccccc3c3oc4ccccc4c23)c2c([2H])c([2H])c(-c3cccc4ccccc34)c([2H])c2[2H])c([2H])c([2H])c1-c1cccc2ccccc12. The maximum atomic E-state index is 9.81. The predicted octanol–water partition coefficient (Wildman–Crippen LogP) is 15.5. The van der Waals surface area contributed by atoms with Crippen molar-refractivity contribution in [3.05, 3.63) is 212 Å². The summed E-state index contributed by atoms with van der Waals surface area (Å²) in [6.07, 6.45) is 0. The standard InChI is InChI=1S/C54H35NO/c1-4-18-43-36(13-1)16-11-23-45(43)38-27-31-41(32-28-38)55(42-33-29-39(30-34-42)46-24-12-17-37-14-2-5-19-44(37)46)51-25-9-7-21-48(51)50-35-40-15-3-6-20-47(40)54-53(50)49-22-8-10-26-52(49)56-54/h1-35H/i27D,28D,29D,30D,31D,32D,33D,34D. The van der Waals surface area contributed by atoms with Crippen LogP contribution in [0.5, 0.6) is 0 Å². The average Bonchev–Trinajstić information content (AvgIpc) is 3.73. The average molecular weight is 722 g/mol. The molecule has 2 heteroatoms. The van der Waals surface area contributed by atoms with Crippen LogP contribution in [0.25, 0.3) is 87.6 Å². The summed E-state index contributed by atoms with van der Waals surface area (Å²) < 4.78 is 84.2. The van der Waals surface area contributed by atoms with E-state index < -0.39 is 24.2 Å². The van der Waals surface area contributed by atoms with E-state index in [1.807, 2.05) is 140 Å². The highest BCUT2D eigenvalue weighted by Gasteiger charge is 2.22. The first-order chi connectivity index (χ1) is 31.1. The molecule has 2 nitrogen and oxygen atoms in total. The fourth-order valence-electron chi connectivity index (χ4n) is 8.01. The molecule has 0 aliphatic carbocycles. The van der Waals surface area contributed by atoms with Gasteiger partial charge in [0.1, 0.15) is 11.2 Å². The second kappa shape index (κ2) is 13.2. The Morgan fingerprint density at radius 3 is 1.46 bits per heavy atom. The Hall–Kier alpha value is -7.42. The van der Waals surface area contributed by atoms with Crippen molar-refractivity contribution in [3.63, 3.8) is 0 Å². The van der Waals surface area contributed by atoms with Crippen LogP contribution in [0.2, 0.25) is 0 Å². The van der Waals surface area contributed by atoms with Gasteiger partial charge in [0.2, 0.25) is 0 Å². The zero-order chi connectivity index (χ0) is 44.0. The molecule has 0 N–H and O–H groups in total. The summed E-state index contributed by atoms with van der Waals surface area (Å²) in [5.41, 5.74) is 3.79. The van der Waals surface area contributed by atoms with Gasteiger partial charge >= 0.3 is 0 Å². The zero-order valence-corrected chi connectivity index (χ0v) is 29.9. The van der Waals surface area contributed by atoms with Crippen LogP contribution >= 0.6 is 0 Å². The highest BCUT2D eigenvalue weighted by atomic mass is 16.3. The molecule has 1 aromatic heterocycles. The molecule has 0 radical (unpaired) electrons. The molecular formula is C54H35NO. The quantitative estimate of drug-likeness (QED) is 0.170. The molecule has 262 valence electrons. The lowest BCUT2D eigenvalue weighted by Gasteiger charge is -2.28. The first-order valence-electron chi connectivity index (χ1n) is 22.5. The maximum absolute atomic E-state index is 9.81. The van der Waals surface area contributed by atoms with Crippen LogP contribution in [0.4, 0.5) is 17.1 Å². The molecule has 56 heavy (non-hydrogen) atoms. The summed E-state index contributed by atoms with van der Waals surface area (Å²) in [4.78, 5) is 1.40. The molecule has 0 bridgehead atoms. The molecule has 0 aliphatic heterocycles. The number of anilines is 3. The van der Waals surface area contributed by atoms with Gasteiger partial charge in [0.05, 0.1) is 16.7 Å². The lowest BCUT2D eigenvalue weighted by Crippen LogP contribution is -2.11. The van der Waals surface area contributed by atoms with E-state index in [0.717, 1.165) is 48.7 Å². The Morgan fingerprint density at radius 1 is 0.375 bits per heavy atom. The van der Waals surface area contributed by atoms with Crippen LogP contribution in [0.3, 0.4) is 0 Å². The number of hydrogen-bond acceptors (Lipinski definition) is 2. The lowest BCUT2D eigenvalue weighted by atomic mass is 9.93. The number of fused-ring (bicyclic) bond motifs is 7. The molecule has 0 saturated heterocycles. The Kier molecular flexibility index (Phi) is 5.83. The summed E-state index contributed by atoms with van der Waals surface area (Å²) in [6, 6.07) is 48.3. The van der Waals surface area contributed by atoms with Crippen LogP contribution in [-0.2, 0) is 0 Å². The second-order valence-electron chi connectivity index (χ2n) is 13.8. The van der Waals surface area contributed by atoms with E-state index in [9.17, 15) is 11.0 Å². The predicted molar refractivity (Wildman–Crippen MR) is 237 cm³/mol. The van der Waals surface area contributed by atoms with E-state index in [4.69, 9.17) is 4.42 Å². The summed E-state index contributed by atoms with van der Waals surface area (Å²) in [5, 5.41) is 6.72. The molecule has 0 aliphatic rings. The smallest absolute Gasteiger partial charge is 0.143 e. The molecule has 11 aromatic rings. The van der Waals surface area contributed by atoms with Crippen molar-refractivity contribution in [1.29, 1.82) is 0 Å². The molecular weight excluding hydrogens is 679 g/mol. The van der Waals surface area contributed by atoms with Gasteiger partial charge in [0.25, 0.3) is 0 Å². The van der Waals surface area contributed by atoms with Crippen molar-refractivity contribution in [3.8, 4) is 33.4 Å². The molecule has 1 heterocycles. The van der Waals surface area contributed by atoms with Gasteiger partial charge < -0.3 is 9.32 Å². The highest BCUT2D eigenvalue weighted by Crippen LogP contribution is 2.47. The third-order valence-electron chi connectivity index (χ3n) is 10.6. The first kappa shape index (κ1) is 24.8. The van der Waals surface area contributed by atoms with Crippen molar-refractivity contribution in [1.82, 2.24) is 0 Å². The molecule has 0 spiro atoms. The lowest BCUT2D eigenvalue weighted by molar-refractivity contribution is 0.673. The minimum Gasteiger partial charge on any atom is -0.455 e. The summed E-state index contributed by atoms with van der Waals surface area (Å²) in [5.74, 6) is 0. The Morgan fingerprint density at radius 2 is 0.839 bits per heavy atom. The molecule has 10 aromatic carbocycles. The highest BCUT2D eigenvalue weighted by molar-refractivity contribution is 6.22. The van der Waals surface area contributed by atoms with Crippen LogP contribution < -0.4 is 4.90 Å². The number of rotatable bonds is 6. The van der Waals surface area contributed by atoms with Gasteiger partial charge in [-0.1, -0.05) is 170 Å². The largest absolute Gasteiger partial charge is 0.455 e. The number of hydrogen-bond donors (Lipinski definition) is 0. The van der Waals surface area contributed by atoms with Crippen molar-refractivity contribution in [2.45, 2.75) is 0 Å². The molecule has 0 atom stereocenters. The van der Waals surface area contributed by atoms with Crippen LogP contribution in [0, 0.1) is 0 Å². The molecule has 0 fully saturated rings. The van der Waals surface area contributed by atoms with E-state index in [-0.39, 0.29) is 46.7 Å². The van der Waals surface area contributed by atoms with Gasteiger partial charge in [-0.3, -0.25) is 0 Å². The topological polar surface area (TPSA) is 16.4 Å². The number of nitrogens with zero attached hydrogens (tertiary/aromatic N) is 1. The Labute approximate surface area is 336 Å². The molecule has 0 saturated carbocycles. The first-order valence-corrected chi connectivity index (χ1v) is 18.5. The van der Waals surface area contributed by atoms with Gasteiger partial charge in [-0.25, -0.2) is 0 Å². The van der Waals surface area contributed by atoms with Crippen molar-refractivity contribution < 1.29 is 15.4 Å². The molecule has 11 rings (SSSR count). The third-order valence-corrected chi connectivity index (χ3v) is 10.6. The number of para-hydroxylation sites is 2. The minimum absolute atomic E-state index is 0.107. The van der Waals surface area contributed by atoms with Crippen molar-refractivity contribution in [2.24, 2.45) is 0 Å². The van der Waals surface area contributed by atoms with Gasteiger partial charge in [0.15, 0.2) is 0 Å². The summed E-state index contributed by atoms with van der Waals surface area (Å²) >= 11 is 0. The monoisotopic (exact) mass is 721 g/mol. The Bertz CT molecular complexity index is 3530. The Balaban J connectivity index is 1.25. The van der Waals surface area contributed by atoms with Crippen molar-refractivity contribution in [2.75, 3.05) is 4.90 Å². The van der Waals surface area contributed by atoms with Gasteiger partial charge in [0, 0.05) is 33.1 Å². The van der Waals surface area contributed by atoms with E-state index in [1.165, 1.54) is 4.90 Å². The number of benzene rings is 10. The van der Waals surface area contributed by atoms with Crippen LogP contribution in [0.1, 0.15) is 11.0 Å². The van der Waals surface area contributed by atoms with Crippen LogP contribution in [0.15, 0.2) is 217 Å². The van der Waals surface area contributed by atoms with E-state index in [2.05, 4.69) is 0 Å². The minimum atomic E-state index is -0.411. The van der Waals surface area contributed by atoms with Gasteiger partial charge in [-0.05, 0) is 97.1 Å². The molecule has 0 amide bonds. The molecule has 0 unspecified atom stereocenters. The van der Waals surface area contributed by atoms with E-state index in [0.29, 0.717) is 33.5 Å². The van der Waals surface area contributed by atoms with Gasteiger partial charge in [-0.2, -0.15) is 0 Å². The van der Waals surface area contributed by atoms with E-state index >= 15 is 0 Å². The number of furan rings is 1. The summed E-state index contributed by atoms with van der Waals surface area (Å²) in [6.45, 7) is 0. The normalized spacial score (nSPS) is 13.6.